The molecular formula is C21H23NO2. The Labute approximate surface area is 142 Å². The summed E-state index contributed by atoms with van der Waals surface area (Å²) < 4.78 is 1.89. The number of nitrogens with zero attached hydrogens (tertiary/aromatic N) is 1. The normalized spacial score (nSPS) is 11.8. The number of benzene rings is 2. The maximum atomic E-state index is 11.6. The van der Waals surface area contributed by atoms with E-state index in [0.717, 1.165) is 22.0 Å². The second-order valence-corrected chi connectivity index (χ2v) is 7.43. The highest BCUT2D eigenvalue weighted by Gasteiger charge is 2.16. The predicted octanol–water partition coefficient (Wildman–Crippen LogP) is 4.99. The molecule has 0 spiro atoms. The van der Waals surface area contributed by atoms with Crippen molar-refractivity contribution in [1.29, 1.82) is 0 Å². The number of aromatic nitrogens is 1. The zero-order valence-corrected chi connectivity index (χ0v) is 14.6. The van der Waals surface area contributed by atoms with Crippen molar-refractivity contribution in [2.24, 2.45) is 0 Å². The number of aryl methyl sites for hydroxylation is 1. The molecule has 1 N–H and O–H groups in total. The van der Waals surface area contributed by atoms with E-state index in [2.05, 4.69) is 45.0 Å². The zero-order valence-electron chi connectivity index (χ0n) is 14.6. The molecule has 124 valence electrons. The fourth-order valence-corrected chi connectivity index (χ4v) is 3.00. The zero-order chi connectivity index (χ0) is 17.5. The van der Waals surface area contributed by atoms with Crippen LogP contribution >= 0.6 is 0 Å². The molecule has 2 aromatic carbocycles. The minimum atomic E-state index is -0.893. The standard InChI is InChI=1S/C21H23NO2/c1-14-5-8-16-12-19(20(23)24)22(18(16)11-14)13-15-6-9-17(10-7-15)21(2,3)4/h5-12H,13H2,1-4H3,(H,23,24). The number of rotatable bonds is 3. The number of hydrogen-bond acceptors (Lipinski definition) is 1. The fraction of sp³-hybridized carbons (Fsp3) is 0.286. The maximum absolute atomic E-state index is 11.6. The third-order valence-corrected chi connectivity index (χ3v) is 4.44. The van der Waals surface area contributed by atoms with Gasteiger partial charge in [-0.15, -0.1) is 0 Å². The van der Waals surface area contributed by atoms with Crippen LogP contribution in [-0.2, 0) is 12.0 Å². The Kier molecular flexibility index (Phi) is 3.96. The topological polar surface area (TPSA) is 42.2 Å². The van der Waals surface area contributed by atoms with Crippen LogP contribution in [0.5, 0.6) is 0 Å². The summed E-state index contributed by atoms with van der Waals surface area (Å²) in [7, 11) is 0. The summed E-state index contributed by atoms with van der Waals surface area (Å²) in [5, 5.41) is 10.5. The summed E-state index contributed by atoms with van der Waals surface area (Å²) >= 11 is 0. The molecule has 0 amide bonds. The van der Waals surface area contributed by atoms with Crippen LogP contribution < -0.4 is 0 Å². The summed E-state index contributed by atoms with van der Waals surface area (Å²) in [5.74, 6) is -0.893. The molecule has 0 bridgehead atoms. The molecule has 3 aromatic rings. The van der Waals surface area contributed by atoms with Gasteiger partial charge >= 0.3 is 5.97 Å². The molecule has 0 saturated carbocycles. The van der Waals surface area contributed by atoms with Crippen molar-refractivity contribution in [3.05, 3.63) is 70.9 Å². The highest BCUT2D eigenvalue weighted by molar-refractivity contribution is 5.94. The lowest BCUT2D eigenvalue weighted by atomic mass is 9.87. The first kappa shape index (κ1) is 16.3. The van der Waals surface area contributed by atoms with Gasteiger partial charge in [-0.2, -0.15) is 0 Å². The third kappa shape index (κ3) is 3.07. The van der Waals surface area contributed by atoms with Gasteiger partial charge in [0.25, 0.3) is 0 Å². The molecule has 0 unspecified atom stereocenters. The van der Waals surface area contributed by atoms with Crippen LogP contribution in [0.15, 0.2) is 48.5 Å². The van der Waals surface area contributed by atoms with Gasteiger partial charge in [0.15, 0.2) is 0 Å². The minimum Gasteiger partial charge on any atom is -0.477 e. The third-order valence-electron chi connectivity index (χ3n) is 4.44. The summed E-state index contributed by atoms with van der Waals surface area (Å²) in [6.45, 7) is 9.14. The van der Waals surface area contributed by atoms with Gasteiger partial charge in [0.05, 0.1) is 0 Å². The van der Waals surface area contributed by atoms with Crippen molar-refractivity contribution in [2.45, 2.75) is 39.7 Å². The Morgan fingerprint density at radius 1 is 1.04 bits per heavy atom. The van der Waals surface area contributed by atoms with Crippen molar-refractivity contribution >= 4 is 16.9 Å². The van der Waals surface area contributed by atoms with Gasteiger partial charge in [-0.3, -0.25) is 0 Å². The van der Waals surface area contributed by atoms with Crippen LogP contribution in [0.3, 0.4) is 0 Å². The lowest BCUT2D eigenvalue weighted by molar-refractivity contribution is 0.0686. The fourth-order valence-electron chi connectivity index (χ4n) is 3.00. The van der Waals surface area contributed by atoms with E-state index in [4.69, 9.17) is 0 Å². The molecular weight excluding hydrogens is 298 g/mol. The van der Waals surface area contributed by atoms with E-state index in [1.165, 1.54) is 5.56 Å². The number of aromatic carboxylic acids is 1. The van der Waals surface area contributed by atoms with Crippen LogP contribution in [0.25, 0.3) is 10.9 Å². The smallest absolute Gasteiger partial charge is 0.352 e. The van der Waals surface area contributed by atoms with Gasteiger partial charge < -0.3 is 9.67 Å². The summed E-state index contributed by atoms with van der Waals surface area (Å²) in [6, 6.07) is 16.2. The average Bonchev–Trinajstić information content (AvgIpc) is 2.85. The van der Waals surface area contributed by atoms with Crippen molar-refractivity contribution in [1.82, 2.24) is 4.57 Å². The first-order valence-corrected chi connectivity index (χ1v) is 8.18. The SMILES string of the molecule is Cc1ccc2cc(C(=O)O)n(Cc3ccc(C(C)(C)C)cc3)c2c1. The van der Waals surface area contributed by atoms with Crippen LogP contribution in [0.2, 0.25) is 0 Å². The minimum absolute atomic E-state index is 0.113. The number of carbonyl (C=O) groups is 1. The number of hydrogen-bond donors (Lipinski definition) is 1. The Morgan fingerprint density at radius 2 is 1.71 bits per heavy atom. The summed E-state index contributed by atoms with van der Waals surface area (Å²) in [5.41, 5.74) is 4.91. The number of carboxylic acid groups (broad SMARTS) is 1. The van der Waals surface area contributed by atoms with E-state index in [1.807, 2.05) is 29.7 Å². The lowest BCUT2D eigenvalue weighted by Gasteiger charge is -2.19. The van der Waals surface area contributed by atoms with Crippen LogP contribution in [0.4, 0.5) is 0 Å². The highest BCUT2D eigenvalue weighted by Crippen LogP contribution is 2.25. The average molecular weight is 321 g/mol. The maximum Gasteiger partial charge on any atom is 0.352 e. The Bertz CT molecular complexity index is 896. The Balaban J connectivity index is 2.04. The van der Waals surface area contributed by atoms with Gasteiger partial charge in [0, 0.05) is 17.4 Å². The molecule has 1 heterocycles. The molecule has 3 heteroatoms. The lowest BCUT2D eigenvalue weighted by Crippen LogP contribution is -2.12. The second kappa shape index (κ2) is 5.82. The van der Waals surface area contributed by atoms with Crippen molar-refractivity contribution in [3.8, 4) is 0 Å². The van der Waals surface area contributed by atoms with Crippen molar-refractivity contribution in [2.75, 3.05) is 0 Å². The second-order valence-electron chi connectivity index (χ2n) is 7.43. The van der Waals surface area contributed by atoms with Crippen molar-refractivity contribution < 1.29 is 9.90 Å². The van der Waals surface area contributed by atoms with Gasteiger partial charge in [0.1, 0.15) is 5.69 Å². The summed E-state index contributed by atoms with van der Waals surface area (Å²) in [6.07, 6.45) is 0. The van der Waals surface area contributed by atoms with E-state index in [1.54, 1.807) is 6.07 Å². The molecule has 0 atom stereocenters. The molecule has 3 nitrogen and oxygen atoms in total. The first-order valence-electron chi connectivity index (χ1n) is 8.18. The monoisotopic (exact) mass is 321 g/mol. The van der Waals surface area contributed by atoms with Gasteiger partial charge in [-0.05, 0) is 41.2 Å². The Hall–Kier alpha value is -2.55. The van der Waals surface area contributed by atoms with E-state index in [9.17, 15) is 9.90 Å². The molecule has 0 aliphatic rings. The van der Waals surface area contributed by atoms with E-state index < -0.39 is 5.97 Å². The molecule has 0 saturated heterocycles. The largest absolute Gasteiger partial charge is 0.477 e. The van der Waals surface area contributed by atoms with Gasteiger partial charge in [-0.25, -0.2) is 4.79 Å². The van der Waals surface area contributed by atoms with Crippen LogP contribution in [-0.4, -0.2) is 15.6 Å². The molecule has 0 aliphatic carbocycles. The number of fused-ring (bicyclic) bond motifs is 1. The molecule has 0 aliphatic heterocycles. The molecule has 0 fully saturated rings. The molecule has 1 aromatic heterocycles. The highest BCUT2D eigenvalue weighted by atomic mass is 16.4. The first-order chi connectivity index (χ1) is 11.3. The molecule has 3 rings (SSSR count). The quantitative estimate of drug-likeness (QED) is 0.738. The van der Waals surface area contributed by atoms with Crippen LogP contribution in [0, 0.1) is 6.92 Å². The number of carboxylic acids is 1. The molecule has 24 heavy (non-hydrogen) atoms. The van der Waals surface area contributed by atoms with Crippen molar-refractivity contribution in [3.63, 3.8) is 0 Å². The van der Waals surface area contributed by atoms with E-state index in [0.29, 0.717) is 12.2 Å². The van der Waals surface area contributed by atoms with Gasteiger partial charge in [-0.1, -0.05) is 57.2 Å². The summed E-state index contributed by atoms with van der Waals surface area (Å²) in [4.78, 5) is 11.6. The molecule has 0 radical (unpaired) electrons. The Morgan fingerprint density at radius 3 is 2.29 bits per heavy atom. The van der Waals surface area contributed by atoms with Crippen LogP contribution in [0.1, 0.15) is 48.0 Å². The predicted molar refractivity (Wildman–Crippen MR) is 97.9 cm³/mol. The van der Waals surface area contributed by atoms with E-state index in [-0.39, 0.29) is 5.41 Å². The van der Waals surface area contributed by atoms with Gasteiger partial charge in [0.2, 0.25) is 0 Å². The van der Waals surface area contributed by atoms with E-state index >= 15 is 0 Å².